The van der Waals surface area contributed by atoms with Gasteiger partial charge in [0.15, 0.2) is 17.6 Å². The first-order chi connectivity index (χ1) is 11.0. The van der Waals surface area contributed by atoms with E-state index < -0.39 is 12.0 Å². The number of hydrogen-bond donors (Lipinski definition) is 1. The Labute approximate surface area is 134 Å². The maximum absolute atomic E-state index is 12.4. The van der Waals surface area contributed by atoms with Crippen LogP contribution in [-0.4, -0.2) is 37.4 Å². The van der Waals surface area contributed by atoms with Crippen molar-refractivity contribution in [2.45, 2.75) is 32.8 Å². The van der Waals surface area contributed by atoms with E-state index in [-0.39, 0.29) is 12.5 Å². The largest absolute Gasteiger partial charge is 0.490 e. The second kappa shape index (κ2) is 7.13. The van der Waals surface area contributed by atoms with Crippen LogP contribution < -0.4 is 20.1 Å². The zero-order valence-corrected chi connectivity index (χ0v) is 13.2. The third-order valence-corrected chi connectivity index (χ3v) is 3.43. The molecule has 7 nitrogen and oxygen atoms in total. The summed E-state index contributed by atoms with van der Waals surface area (Å²) in [6, 6.07) is 3.06. The van der Waals surface area contributed by atoms with Crippen LogP contribution >= 0.6 is 0 Å². The zero-order valence-electron chi connectivity index (χ0n) is 13.2. The third kappa shape index (κ3) is 3.44. The molecule has 0 saturated heterocycles. The molecule has 2 N–H and O–H groups in total. The van der Waals surface area contributed by atoms with Crippen molar-refractivity contribution in [1.29, 1.82) is 0 Å². The smallest absolute Gasteiger partial charge is 0.268 e. The van der Waals surface area contributed by atoms with E-state index in [1.165, 1.54) is 11.0 Å². The maximum atomic E-state index is 12.4. The van der Waals surface area contributed by atoms with Crippen LogP contribution in [0.1, 0.15) is 37.0 Å². The van der Waals surface area contributed by atoms with Crippen molar-refractivity contribution in [2.24, 2.45) is 5.73 Å². The SMILES string of the molecule is CCCOc1cc(C=O)cc2c1OC(CC)C(=O)N2CC(N)=O. The molecule has 124 valence electrons. The van der Waals surface area contributed by atoms with Gasteiger partial charge in [0.25, 0.3) is 5.91 Å². The number of ether oxygens (including phenoxy) is 2. The lowest BCUT2D eigenvalue weighted by molar-refractivity contribution is -0.128. The molecule has 0 spiro atoms. The minimum atomic E-state index is -0.715. The van der Waals surface area contributed by atoms with Gasteiger partial charge in [0.05, 0.1) is 12.3 Å². The molecule has 1 aliphatic heterocycles. The summed E-state index contributed by atoms with van der Waals surface area (Å²) in [5, 5.41) is 0. The van der Waals surface area contributed by atoms with Crippen LogP contribution in [0.2, 0.25) is 0 Å². The number of aldehydes is 1. The fourth-order valence-corrected chi connectivity index (χ4v) is 2.38. The summed E-state index contributed by atoms with van der Waals surface area (Å²) >= 11 is 0. The number of anilines is 1. The number of carbonyl (C=O) groups excluding carboxylic acids is 3. The van der Waals surface area contributed by atoms with Gasteiger partial charge >= 0.3 is 0 Å². The molecule has 23 heavy (non-hydrogen) atoms. The molecule has 0 aromatic heterocycles. The van der Waals surface area contributed by atoms with Crippen LogP contribution in [0, 0.1) is 0 Å². The molecule has 0 bridgehead atoms. The second-order valence-corrected chi connectivity index (χ2v) is 5.24. The number of rotatable bonds is 7. The summed E-state index contributed by atoms with van der Waals surface area (Å²) in [5.74, 6) is -0.263. The Morgan fingerprint density at radius 2 is 2.17 bits per heavy atom. The van der Waals surface area contributed by atoms with Gasteiger partial charge < -0.3 is 15.2 Å². The number of nitrogens with two attached hydrogens (primary N) is 1. The number of nitrogens with zero attached hydrogens (tertiary/aromatic N) is 1. The molecule has 1 aliphatic rings. The fourth-order valence-electron chi connectivity index (χ4n) is 2.38. The van der Waals surface area contributed by atoms with Gasteiger partial charge in [-0.25, -0.2) is 0 Å². The minimum absolute atomic E-state index is 0.277. The zero-order chi connectivity index (χ0) is 17.0. The van der Waals surface area contributed by atoms with E-state index in [1.54, 1.807) is 6.07 Å². The summed E-state index contributed by atoms with van der Waals surface area (Å²) in [4.78, 5) is 36.2. The lowest BCUT2D eigenvalue weighted by Gasteiger charge is -2.34. The highest BCUT2D eigenvalue weighted by atomic mass is 16.5. The summed E-state index contributed by atoms with van der Waals surface area (Å²) in [6.45, 7) is 3.93. The van der Waals surface area contributed by atoms with Crippen molar-refractivity contribution >= 4 is 23.8 Å². The van der Waals surface area contributed by atoms with Crippen molar-refractivity contribution < 1.29 is 23.9 Å². The Kier molecular flexibility index (Phi) is 5.20. The predicted molar refractivity (Wildman–Crippen MR) is 83.9 cm³/mol. The number of benzene rings is 1. The lowest BCUT2D eigenvalue weighted by Crippen LogP contribution is -2.49. The molecule has 7 heteroatoms. The van der Waals surface area contributed by atoms with Gasteiger partial charge in [-0.2, -0.15) is 0 Å². The van der Waals surface area contributed by atoms with Gasteiger partial charge in [0.2, 0.25) is 5.91 Å². The van der Waals surface area contributed by atoms with Crippen molar-refractivity contribution in [3.05, 3.63) is 17.7 Å². The first-order valence-corrected chi connectivity index (χ1v) is 7.54. The first-order valence-electron chi connectivity index (χ1n) is 7.54. The molecule has 1 unspecified atom stereocenters. The van der Waals surface area contributed by atoms with Gasteiger partial charge in [0, 0.05) is 5.56 Å². The predicted octanol–water partition coefficient (Wildman–Crippen LogP) is 1.28. The molecule has 2 rings (SSSR count). The van der Waals surface area contributed by atoms with E-state index in [0.29, 0.717) is 42.1 Å². The van der Waals surface area contributed by atoms with Crippen molar-refractivity contribution in [1.82, 2.24) is 0 Å². The van der Waals surface area contributed by atoms with Crippen LogP contribution in [0.25, 0.3) is 0 Å². The third-order valence-electron chi connectivity index (χ3n) is 3.43. The summed E-state index contributed by atoms with van der Waals surface area (Å²) < 4.78 is 11.4. The van der Waals surface area contributed by atoms with Crippen LogP contribution in [-0.2, 0) is 9.59 Å². The molecule has 0 aliphatic carbocycles. The first kappa shape index (κ1) is 16.8. The fraction of sp³-hybridized carbons (Fsp3) is 0.438. The van der Waals surface area contributed by atoms with E-state index in [4.69, 9.17) is 15.2 Å². The molecule has 0 radical (unpaired) electrons. The van der Waals surface area contributed by atoms with Crippen LogP contribution in [0.15, 0.2) is 12.1 Å². The quantitative estimate of drug-likeness (QED) is 0.763. The van der Waals surface area contributed by atoms with E-state index in [1.807, 2.05) is 13.8 Å². The van der Waals surface area contributed by atoms with Gasteiger partial charge in [0.1, 0.15) is 12.8 Å². The van der Waals surface area contributed by atoms with Gasteiger partial charge in [-0.1, -0.05) is 13.8 Å². The Balaban J connectivity index is 2.55. The molecule has 1 aromatic carbocycles. The van der Waals surface area contributed by atoms with Gasteiger partial charge in [-0.05, 0) is 25.0 Å². The number of hydrogen-bond acceptors (Lipinski definition) is 5. The minimum Gasteiger partial charge on any atom is -0.490 e. The second-order valence-electron chi connectivity index (χ2n) is 5.24. The normalized spacial score (nSPS) is 16.5. The average Bonchev–Trinajstić information content (AvgIpc) is 2.54. The highest BCUT2D eigenvalue weighted by Gasteiger charge is 2.36. The number of amides is 2. The van der Waals surface area contributed by atoms with Gasteiger partial charge in [-0.3, -0.25) is 19.3 Å². The van der Waals surface area contributed by atoms with E-state index in [9.17, 15) is 14.4 Å². The van der Waals surface area contributed by atoms with Crippen molar-refractivity contribution in [2.75, 3.05) is 18.1 Å². The maximum Gasteiger partial charge on any atom is 0.268 e. The Bertz CT molecular complexity index is 629. The van der Waals surface area contributed by atoms with Crippen LogP contribution in [0.3, 0.4) is 0 Å². The molecule has 1 aromatic rings. The number of fused-ring (bicyclic) bond motifs is 1. The standard InChI is InChI=1S/C16H20N2O5/c1-3-5-22-13-7-10(9-19)6-11-15(13)23-12(4-2)16(21)18(11)8-14(17)20/h6-7,9,12H,3-5,8H2,1-2H3,(H2,17,20). The molecule has 0 saturated carbocycles. The Morgan fingerprint density at radius 3 is 2.74 bits per heavy atom. The summed E-state index contributed by atoms with van der Waals surface area (Å²) in [7, 11) is 0. The Morgan fingerprint density at radius 1 is 1.43 bits per heavy atom. The molecular weight excluding hydrogens is 300 g/mol. The van der Waals surface area contributed by atoms with E-state index in [2.05, 4.69) is 0 Å². The molecular formula is C16H20N2O5. The van der Waals surface area contributed by atoms with Crippen LogP contribution in [0.4, 0.5) is 5.69 Å². The molecule has 1 atom stereocenters. The number of carbonyl (C=O) groups is 3. The highest BCUT2D eigenvalue weighted by molar-refractivity contribution is 6.04. The lowest BCUT2D eigenvalue weighted by atomic mass is 10.1. The molecule has 2 amide bonds. The average molecular weight is 320 g/mol. The Hall–Kier alpha value is -2.57. The van der Waals surface area contributed by atoms with Gasteiger partial charge in [-0.15, -0.1) is 0 Å². The van der Waals surface area contributed by atoms with E-state index in [0.717, 1.165) is 6.42 Å². The monoisotopic (exact) mass is 320 g/mol. The topological polar surface area (TPSA) is 98.9 Å². The summed E-state index contributed by atoms with van der Waals surface area (Å²) in [6.07, 6.45) is 1.16. The molecule has 0 fully saturated rings. The molecule has 1 heterocycles. The highest BCUT2D eigenvalue weighted by Crippen LogP contribution is 2.43. The van der Waals surface area contributed by atoms with Crippen molar-refractivity contribution in [3.63, 3.8) is 0 Å². The van der Waals surface area contributed by atoms with Crippen LogP contribution in [0.5, 0.6) is 11.5 Å². The van der Waals surface area contributed by atoms with E-state index >= 15 is 0 Å². The number of primary amides is 1. The van der Waals surface area contributed by atoms with Crippen molar-refractivity contribution in [3.8, 4) is 11.5 Å². The summed E-state index contributed by atoms with van der Waals surface area (Å²) in [5.41, 5.74) is 5.90.